The molecule has 1 amide bonds. The highest BCUT2D eigenvalue weighted by atomic mass is 16.5. The Balaban J connectivity index is 1.20. The van der Waals surface area contributed by atoms with Crippen molar-refractivity contribution >= 4 is 28.3 Å². The molecule has 1 aromatic heterocycles. The zero-order chi connectivity index (χ0) is 29.5. The van der Waals surface area contributed by atoms with Gasteiger partial charge in [0.05, 0.1) is 19.8 Å². The molecule has 0 aliphatic heterocycles. The fraction of sp³-hybridized carbons (Fsp3) is 0.200. The maximum Gasteiger partial charge on any atom is 0.272 e. The van der Waals surface area contributed by atoms with Crippen LogP contribution in [0.1, 0.15) is 44.0 Å². The standard InChI is InChI=1S/C35H35N3O4/c1-38(23-25-17-20-30(41-2)31(22-25)42-3)21-9-10-24-15-18-27(19-16-24)36-35(40)33-32(28-13-7-8-14-29(28)37-33)34(39)26-11-5-4-6-12-26/h4-8,11-20,22,37H,9-10,21,23H2,1-3H3,(H,36,40). The molecule has 0 atom stereocenters. The van der Waals surface area contributed by atoms with Gasteiger partial charge in [0, 0.05) is 28.7 Å². The first-order valence-electron chi connectivity index (χ1n) is 14.0. The van der Waals surface area contributed by atoms with Gasteiger partial charge in [-0.05, 0) is 67.9 Å². The average molecular weight is 562 g/mol. The summed E-state index contributed by atoms with van der Waals surface area (Å²) < 4.78 is 10.7. The van der Waals surface area contributed by atoms with Crippen LogP contribution in [0.15, 0.2) is 97.1 Å². The lowest BCUT2D eigenvalue weighted by Crippen LogP contribution is -2.19. The number of para-hydroxylation sites is 1. The van der Waals surface area contributed by atoms with Crippen LogP contribution < -0.4 is 14.8 Å². The molecular weight excluding hydrogens is 526 g/mol. The summed E-state index contributed by atoms with van der Waals surface area (Å²) in [5.74, 6) is 0.921. The van der Waals surface area contributed by atoms with Crippen molar-refractivity contribution in [2.45, 2.75) is 19.4 Å². The number of ketones is 1. The molecule has 5 rings (SSSR count). The Morgan fingerprint density at radius 1 is 0.810 bits per heavy atom. The number of benzene rings is 4. The third kappa shape index (κ3) is 6.53. The van der Waals surface area contributed by atoms with Crippen LogP contribution in [0, 0.1) is 0 Å². The van der Waals surface area contributed by atoms with E-state index in [0.29, 0.717) is 16.8 Å². The fourth-order valence-corrected chi connectivity index (χ4v) is 5.15. The van der Waals surface area contributed by atoms with Crippen molar-refractivity contribution in [3.05, 3.63) is 125 Å². The molecular formula is C35H35N3O4. The lowest BCUT2D eigenvalue weighted by Gasteiger charge is -2.18. The molecule has 0 fully saturated rings. The van der Waals surface area contributed by atoms with Gasteiger partial charge in [0.15, 0.2) is 17.3 Å². The van der Waals surface area contributed by atoms with E-state index in [1.807, 2.05) is 78.9 Å². The van der Waals surface area contributed by atoms with Crippen LogP contribution in [0.3, 0.4) is 0 Å². The molecule has 0 aliphatic carbocycles. The Hall–Kier alpha value is -4.88. The molecule has 0 bridgehead atoms. The number of carbonyl (C=O) groups excluding carboxylic acids is 2. The van der Waals surface area contributed by atoms with Crippen LogP contribution >= 0.6 is 0 Å². The topological polar surface area (TPSA) is 83.7 Å². The van der Waals surface area contributed by atoms with E-state index in [0.717, 1.165) is 48.3 Å². The Kier molecular flexibility index (Phi) is 8.99. The number of carbonyl (C=O) groups is 2. The smallest absolute Gasteiger partial charge is 0.272 e. The fourth-order valence-electron chi connectivity index (χ4n) is 5.15. The zero-order valence-electron chi connectivity index (χ0n) is 24.1. The molecule has 42 heavy (non-hydrogen) atoms. The third-order valence-electron chi connectivity index (χ3n) is 7.31. The number of anilines is 1. The van der Waals surface area contributed by atoms with Crippen molar-refractivity contribution in [3.8, 4) is 11.5 Å². The summed E-state index contributed by atoms with van der Waals surface area (Å²) >= 11 is 0. The summed E-state index contributed by atoms with van der Waals surface area (Å²) in [5.41, 5.74) is 4.95. The van der Waals surface area contributed by atoms with Gasteiger partial charge in [-0.25, -0.2) is 0 Å². The number of aryl methyl sites for hydroxylation is 1. The second-order valence-corrected chi connectivity index (χ2v) is 10.3. The van der Waals surface area contributed by atoms with Crippen LogP contribution in [-0.4, -0.2) is 49.4 Å². The molecule has 7 nitrogen and oxygen atoms in total. The van der Waals surface area contributed by atoms with Gasteiger partial charge >= 0.3 is 0 Å². The Morgan fingerprint density at radius 2 is 1.50 bits per heavy atom. The van der Waals surface area contributed by atoms with E-state index < -0.39 is 0 Å². The van der Waals surface area contributed by atoms with E-state index in [9.17, 15) is 9.59 Å². The largest absolute Gasteiger partial charge is 0.493 e. The molecule has 214 valence electrons. The van der Waals surface area contributed by atoms with Gasteiger partial charge in [0.2, 0.25) is 0 Å². The second kappa shape index (κ2) is 13.2. The number of hydrogen-bond acceptors (Lipinski definition) is 5. The monoisotopic (exact) mass is 561 g/mol. The minimum atomic E-state index is -0.352. The molecule has 7 heteroatoms. The molecule has 0 radical (unpaired) electrons. The number of amides is 1. The van der Waals surface area contributed by atoms with E-state index >= 15 is 0 Å². The van der Waals surface area contributed by atoms with Crippen LogP contribution in [0.25, 0.3) is 10.9 Å². The number of rotatable bonds is 12. The van der Waals surface area contributed by atoms with E-state index in [-0.39, 0.29) is 17.4 Å². The normalized spacial score (nSPS) is 11.0. The van der Waals surface area contributed by atoms with Crippen molar-refractivity contribution in [3.63, 3.8) is 0 Å². The summed E-state index contributed by atoms with van der Waals surface area (Å²) in [6, 6.07) is 30.4. The van der Waals surface area contributed by atoms with Gasteiger partial charge < -0.3 is 24.7 Å². The molecule has 0 aliphatic rings. The molecule has 1 heterocycles. The van der Waals surface area contributed by atoms with Gasteiger partial charge in [-0.3, -0.25) is 9.59 Å². The predicted octanol–water partition coefficient (Wildman–Crippen LogP) is 6.73. The van der Waals surface area contributed by atoms with Crippen LogP contribution in [0.2, 0.25) is 0 Å². The number of H-pyrrole nitrogens is 1. The Labute approximate surface area is 246 Å². The number of aromatic amines is 1. The van der Waals surface area contributed by atoms with Crippen molar-refractivity contribution in [1.29, 1.82) is 0 Å². The lowest BCUT2D eigenvalue weighted by molar-refractivity contribution is 0.0994. The summed E-state index contributed by atoms with van der Waals surface area (Å²) in [6.45, 7) is 1.75. The van der Waals surface area contributed by atoms with E-state index in [1.165, 1.54) is 11.1 Å². The first-order chi connectivity index (χ1) is 20.5. The number of ether oxygens (including phenoxy) is 2. The summed E-state index contributed by atoms with van der Waals surface area (Å²) in [5, 5.41) is 3.69. The van der Waals surface area contributed by atoms with E-state index in [1.54, 1.807) is 26.4 Å². The third-order valence-corrected chi connectivity index (χ3v) is 7.31. The predicted molar refractivity (Wildman–Crippen MR) is 167 cm³/mol. The SMILES string of the molecule is COc1ccc(CN(C)CCCc2ccc(NC(=O)c3[nH]c4ccccc4c3C(=O)c3ccccc3)cc2)cc1OC. The van der Waals surface area contributed by atoms with Gasteiger partial charge in [-0.2, -0.15) is 0 Å². The molecule has 0 saturated heterocycles. The molecule has 4 aromatic carbocycles. The molecule has 0 saturated carbocycles. The first kappa shape index (κ1) is 28.6. The van der Waals surface area contributed by atoms with Crippen molar-refractivity contribution in [2.24, 2.45) is 0 Å². The summed E-state index contributed by atoms with van der Waals surface area (Å²) in [4.78, 5) is 32.3. The summed E-state index contributed by atoms with van der Waals surface area (Å²) in [7, 11) is 5.39. The molecule has 5 aromatic rings. The zero-order valence-corrected chi connectivity index (χ0v) is 24.1. The van der Waals surface area contributed by atoms with Gasteiger partial charge in [0.1, 0.15) is 5.69 Å². The minimum absolute atomic E-state index is 0.190. The van der Waals surface area contributed by atoms with Crippen LogP contribution in [-0.2, 0) is 13.0 Å². The summed E-state index contributed by atoms with van der Waals surface area (Å²) in [6.07, 6.45) is 1.91. The maximum absolute atomic E-state index is 13.4. The van der Waals surface area contributed by atoms with Crippen LogP contribution in [0.4, 0.5) is 5.69 Å². The second-order valence-electron chi connectivity index (χ2n) is 10.3. The number of methoxy groups -OCH3 is 2. The first-order valence-corrected chi connectivity index (χ1v) is 14.0. The molecule has 0 spiro atoms. The maximum atomic E-state index is 13.4. The van der Waals surface area contributed by atoms with E-state index in [4.69, 9.17) is 9.47 Å². The molecule has 2 N–H and O–H groups in total. The highest BCUT2D eigenvalue weighted by molar-refractivity contribution is 6.23. The quantitative estimate of drug-likeness (QED) is 0.165. The number of nitrogens with one attached hydrogen (secondary N) is 2. The lowest BCUT2D eigenvalue weighted by atomic mass is 10.00. The van der Waals surface area contributed by atoms with Crippen molar-refractivity contribution in [2.75, 3.05) is 33.1 Å². The van der Waals surface area contributed by atoms with Gasteiger partial charge in [-0.1, -0.05) is 66.7 Å². The van der Waals surface area contributed by atoms with Crippen molar-refractivity contribution in [1.82, 2.24) is 9.88 Å². The highest BCUT2D eigenvalue weighted by Crippen LogP contribution is 2.28. The highest BCUT2D eigenvalue weighted by Gasteiger charge is 2.24. The number of aromatic nitrogens is 1. The van der Waals surface area contributed by atoms with Crippen LogP contribution in [0.5, 0.6) is 11.5 Å². The molecule has 0 unspecified atom stereocenters. The minimum Gasteiger partial charge on any atom is -0.493 e. The van der Waals surface area contributed by atoms with E-state index in [2.05, 4.69) is 28.3 Å². The van der Waals surface area contributed by atoms with Gasteiger partial charge in [0.25, 0.3) is 5.91 Å². The number of nitrogens with zero attached hydrogens (tertiary/aromatic N) is 1. The Morgan fingerprint density at radius 3 is 2.24 bits per heavy atom. The number of fused-ring (bicyclic) bond motifs is 1. The Bertz CT molecular complexity index is 1680. The van der Waals surface area contributed by atoms with Gasteiger partial charge in [-0.15, -0.1) is 0 Å². The number of hydrogen-bond donors (Lipinski definition) is 2. The average Bonchev–Trinajstić information content (AvgIpc) is 3.42. The van der Waals surface area contributed by atoms with Crippen molar-refractivity contribution < 1.29 is 19.1 Å².